The molecule has 0 saturated carbocycles. The van der Waals surface area contributed by atoms with E-state index < -0.39 is 69.4 Å². The maximum atomic E-state index is 15.1. The molecule has 18 heteroatoms. The van der Waals surface area contributed by atoms with Crippen LogP contribution >= 0.6 is 0 Å². The van der Waals surface area contributed by atoms with Gasteiger partial charge in [0.25, 0.3) is 0 Å². The van der Waals surface area contributed by atoms with Crippen LogP contribution in [0.25, 0.3) is 0 Å². The van der Waals surface area contributed by atoms with Gasteiger partial charge in [-0.1, -0.05) is 0 Å². The molecule has 0 atom stereocenters. The third-order valence-corrected chi connectivity index (χ3v) is 10.2. The molecule has 0 saturated heterocycles. The fourth-order valence-corrected chi connectivity index (χ4v) is 7.77. The van der Waals surface area contributed by atoms with E-state index in [0.717, 1.165) is 36.4 Å². The molecule has 0 spiro atoms. The zero-order valence-corrected chi connectivity index (χ0v) is 19.5. The summed E-state index contributed by atoms with van der Waals surface area (Å²) in [6.07, 6.45) is -7.78. The van der Waals surface area contributed by atoms with Gasteiger partial charge in [0.15, 0.2) is 0 Å². The minimum atomic E-state index is -8.64. The Hall–Kier alpha value is -2.23. The predicted molar refractivity (Wildman–Crippen MR) is 100.0 cm³/mol. The summed E-state index contributed by atoms with van der Waals surface area (Å²) in [4.78, 5) is -6.44. The molecule has 0 N–H and O–H groups in total. The fourth-order valence-electron chi connectivity index (χ4n) is 2.92. The Kier molecular flexibility index (Phi) is 7.96. The molecule has 0 fully saturated rings. The first kappa shape index (κ1) is 32.0. The average Bonchev–Trinajstić information content (AvgIpc) is 2.79. The third kappa shape index (κ3) is 4.40. The van der Waals surface area contributed by atoms with E-state index in [9.17, 15) is 65.9 Å². The summed E-state index contributed by atoms with van der Waals surface area (Å²) < 4.78 is 231. The van der Waals surface area contributed by atoms with E-state index in [2.05, 4.69) is 0 Å². The molecule has 0 bridgehead atoms. The van der Waals surface area contributed by atoms with Crippen LogP contribution in [-0.2, 0) is 0 Å². The second-order valence-corrected chi connectivity index (χ2v) is 12.2. The van der Waals surface area contributed by atoms with Crippen molar-refractivity contribution in [2.75, 3.05) is 0 Å². The van der Waals surface area contributed by atoms with Crippen LogP contribution in [0.15, 0.2) is 60.7 Å². The molecule has 216 valence electrons. The third-order valence-electron chi connectivity index (χ3n) is 5.02. The first-order valence-corrected chi connectivity index (χ1v) is 12.3. The van der Waals surface area contributed by atoms with Gasteiger partial charge in [0.1, 0.15) is 0 Å². The Balaban J connectivity index is 2.76. The monoisotopic (exact) mass is 654 g/mol. The van der Waals surface area contributed by atoms with Crippen LogP contribution in [0.3, 0.4) is 0 Å². The van der Waals surface area contributed by atoms with Gasteiger partial charge in [0.2, 0.25) is 0 Å². The van der Waals surface area contributed by atoms with Crippen LogP contribution in [0.5, 0.6) is 0 Å². The van der Waals surface area contributed by atoms with Crippen molar-refractivity contribution in [3.8, 4) is 0 Å². The Labute approximate surface area is 205 Å². The van der Waals surface area contributed by atoms with Crippen molar-refractivity contribution in [2.24, 2.45) is 0 Å². The summed E-state index contributed by atoms with van der Waals surface area (Å²) in [6.45, 7) is 0. The molecule has 2 aromatic rings. The standard InChI is InChI=1S/C20H11F17Se/c21-13(22,15(25,26)17(29,30)19(33,34)35)14(23,24)16(27,28)18(31,32)20(36,37)38(11-7-3-1-4-8-11)12-9-5-2-6-10-12/h1-10,38H. The Bertz CT molecular complexity index is 1050. The zero-order valence-electron chi connectivity index (χ0n) is 17.6. The van der Waals surface area contributed by atoms with Gasteiger partial charge in [0, 0.05) is 0 Å². The van der Waals surface area contributed by atoms with Gasteiger partial charge in [-0.05, 0) is 0 Å². The Morgan fingerprint density at radius 3 is 0.895 bits per heavy atom. The van der Waals surface area contributed by atoms with Crippen molar-refractivity contribution in [3.63, 3.8) is 0 Å². The number of hydrogen-bond donors (Lipinski definition) is 0. The quantitative estimate of drug-likeness (QED) is 0.212. The second kappa shape index (κ2) is 9.45. The Morgan fingerprint density at radius 1 is 0.342 bits per heavy atom. The summed E-state index contributed by atoms with van der Waals surface area (Å²) in [6, 6.07) is 8.49. The van der Waals surface area contributed by atoms with Crippen molar-refractivity contribution < 1.29 is 74.6 Å². The van der Waals surface area contributed by atoms with E-state index >= 15 is 8.78 Å². The van der Waals surface area contributed by atoms with Crippen molar-refractivity contribution in [3.05, 3.63) is 60.7 Å². The van der Waals surface area contributed by atoms with E-state index in [1.807, 2.05) is 0 Å². The molecule has 2 aromatic carbocycles. The summed E-state index contributed by atoms with van der Waals surface area (Å²) in [5.41, 5.74) is 0. The van der Waals surface area contributed by atoms with E-state index in [-0.39, 0.29) is 0 Å². The van der Waals surface area contributed by atoms with Gasteiger partial charge < -0.3 is 0 Å². The van der Waals surface area contributed by atoms with Gasteiger partial charge in [0.05, 0.1) is 0 Å². The molecule has 0 nitrogen and oxygen atoms in total. The molecular weight excluding hydrogens is 642 g/mol. The first-order valence-electron chi connectivity index (χ1n) is 9.45. The van der Waals surface area contributed by atoms with Crippen molar-refractivity contribution in [2.45, 2.75) is 46.5 Å². The van der Waals surface area contributed by atoms with Crippen LogP contribution in [0.4, 0.5) is 74.6 Å². The van der Waals surface area contributed by atoms with E-state index in [1.165, 1.54) is 0 Å². The number of alkyl halides is 17. The molecule has 0 aliphatic heterocycles. The summed E-state index contributed by atoms with van der Waals surface area (Å²) >= 11 is -5.37. The Morgan fingerprint density at radius 2 is 0.605 bits per heavy atom. The second-order valence-electron chi connectivity index (χ2n) is 7.49. The average molecular weight is 653 g/mol. The van der Waals surface area contributed by atoms with Crippen LogP contribution in [0.1, 0.15) is 0 Å². The number of rotatable bonds is 9. The van der Waals surface area contributed by atoms with E-state index in [1.54, 1.807) is 0 Å². The first-order chi connectivity index (χ1) is 16.8. The topological polar surface area (TPSA) is 0 Å². The SMILES string of the molecule is FC(F)(F)C(F)(F)C(F)(F)C(F)(F)C(F)(F)C(F)(F)C(F)(F)C(F)(F)[SeH](c1ccccc1)c1ccccc1. The van der Waals surface area contributed by atoms with Crippen molar-refractivity contribution in [1.82, 2.24) is 0 Å². The van der Waals surface area contributed by atoms with Gasteiger partial charge >= 0.3 is 205 Å². The number of hydrogen-bond acceptors (Lipinski definition) is 0. The van der Waals surface area contributed by atoms with Gasteiger partial charge in [-0.2, -0.15) is 0 Å². The van der Waals surface area contributed by atoms with Crippen LogP contribution < -0.4 is 8.92 Å². The predicted octanol–water partition coefficient (Wildman–Crippen LogP) is 6.58. The molecule has 0 aliphatic rings. The minimum absolute atomic E-state index is 0.653. The van der Waals surface area contributed by atoms with E-state index in [0.29, 0.717) is 24.3 Å². The molecule has 2 rings (SSSR count). The van der Waals surface area contributed by atoms with Crippen molar-refractivity contribution >= 4 is 22.8 Å². The van der Waals surface area contributed by atoms with Gasteiger partial charge in [-0.15, -0.1) is 0 Å². The maximum absolute atomic E-state index is 15.1. The summed E-state index contributed by atoms with van der Waals surface area (Å²) in [5.74, 6) is -49.9. The molecule has 0 radical (unpaired) electrons. The van der Waals surface area contributed by atoms with Crippen LogP contribution in [0, 0.1) is 0 Å². The normalized spacial score (nSPS) is 15.4. The number of benzene rings is 2. The molecule has 0 aromatic heterocycles. The van der Waals surface area contributed by atoms with Crippen LogP contribution in [0.2, 0.25) is 0 Å². The zero-order chi connectivity index (χ0) is 29.8. The van der Waals surface area contributed by atoms with E-state index in [4.69, 9.17) is 0 Å². The molecular formula is C20H11F17Se. The summed E-state index contributed by atoms with van der Waals surface area (Å²) in [7, 11) is 0. The van der Waals surface area contributed by atoms with Gasteiger partial charge in [-0.25, -0.2) is 0 Å². The van der Waals surface area contributed by atoms with Crippen LogP contribution in [-0.4, -0.2) is 60.4 Å². The molecule has 0 aliphatic carbocycles. The molecule has 0 heterocycles. The summed E-state index contributed by atoms with van der Waals surface area (Å²) in [5, 5.41) is 0. The van der Waals surface area contributed by atoms with Crippen molar-refractivity contribution in [1.29, 1.82) is 0 Å². The fraction of sp³-hybridized carbons (Fsp3) is 0.400. The molecule has 0 unspecified atom stereocenters. The van der Waals surface area contributed by atoms with Gasteiger partial charge in [-0.3, -0.25) is 0 Å². The molecule has 0 amide bonds. The number of halogens is 17. The molecule has 38 heavy (non-hydrogen) atoms.